The summed E-state index contributed by atoms with van der Waals surface area (Å²) in [5, 5.41) is 7.11. The lowest BCUT2D eigenvalue weighted by Gasteiger charge is -2.32. The van der Waals surface area contributed by atoms with Crippen molar-refractivity contribution in [2.24, 2.45) is 0 Å². The fourth-order valence-corrected chi connectivity index (χ4v) is 4.12. The van der Waals surface area contributed by atoms with Gasteiger partial charge in [-0.2, -0.15) is 11.8 Å². The molecule has 1 aliphatic carbocycles. The third-order valence-electron chi connectivity index (χ3n) is 4.38. The maximum atomic E-state index is 12.4. The number of fused-ring (bicyclic) bond motifs is 1. The first-order valence-corrected chi connectivity index (χ1v) is 8.64. The van der Waals surface area contributed by atoms with Gasteiger partial charge in [0.15, 0.2) is 0 Å². The monoisotopic (exact) mass is 294 g/mol. The molecule has 3 atom stereocenters. The molecule has 110 valence electrons. The van der Waals surface area contributed by atoms with Crippen LogP contribution in [0.2, 0.25) is 0 Å². The topological polar surface area (TPSA) is 69.8 Å². The molecule has 0 radical (unpaired) electrons. The van der Waals surface area contributed by atoms with Crippen LogP contribution in [0.1, 0.15) is 37.1 Å². The van der Waals surface area contributed by atoms with Gasteiger partial charge >= 0.3 is 0 Å². The number of nitrogens with zero attached hydrogens (tertiary/aromatic N) is 1. The van der Waals surface area contributed by atoms with E-state index >= 15 is 0 Å². The highest BCUT2D eigenvalue weighted by Crippen LogP contribution is 2.27. The van der Waals surface area contributed by atoms with E-state index in [-0.39, 0.29) is 11.9 Å². The molecule has 6 heteroatoms. The molecule has 1 aromatic heterocycles. The summed E-state index contributed by atoms with van der Waals surface area (Å²) in [5.41, 5.74) is 2.13. The lowest BCUT2D eigenvalue weighted by Crippen LogP contribution is -2.53. The van der Waals surface area contributed by atoms with Gasteiger partial charge < -0.3 is 10.3 Å². The number of carbonyl (C=O) groups is 1. The molecule has 1 amide bonds. The first kappa shape index (κ1) is 13.9. The largest absolute Gasteiger partial charge is 0.351 e. The Balaban J connectivity index is 1.59. The number of aromatic nitrogens is 2. The summed E-state index contributed by atoms with van der Waals surface area (Å²) in [4.78, 5) is 19.8. The molecule has 0 bridgehead atoms. The summed E-state index contributed by atoms with van der Waals surface area (Å²) < 4.78 is 0. The van der Waals surface area contributed by atoms with Gasteiger partial charge in [0.05, 0.1) is 23.8 Å². The zero-order valence-corrected chi connectivity index (χ0v) is 12.6. The summed E-state index contributed by atoms with van der Waals surface area (Å²) in [6.45, 7) is 0.698. The number of aromatic amines is 1. The number of hydrogen-bond acceptors (Lipinski definition) is 4. The van der Waals surface area contributed by atoms with E-state index < -0.39 is 0 Å². The summed E-state index contributed by atoms with van der Waals surface area (Å²) >= 11 is 1.88. The van der Waals surface area contributed by atoms with Crippen LogP contribution in [0.5, 0.6) is 0 Å². The third kappa shape index (κ3) is 2.86. The fourth-order valence-electron chi connectivity index (χ4n) is 3.18. The van der Waals surface area contributed by atoms with Gasteiger partial charge in [-0.05, 0) is 19.1 Å². The van der Waals surface area contributed by atoms with Crippen LogP contribution < -0.4 is 10.6 Å². The molecule has 1 aliphatic heterocycles. The van der Waals surface area contributed by atoms with E-state index in [9.17, 15) is 4.79 Å². The van der Waals surface area contributed by atoms with E-state index in [2.05, 4.69) is 26.9 Å². The van der Waals surface area contributed by atoms with Crippen molar-refractivity contribution >= 4 is 17.7 Å². The Bertz CT molecular complexity index is 475. The Hall–Kier alpha value is -1.01. The smallest absolute Gasteiger partial charge is 0.237 e. The van der Waals surface area contributed by atoms with Gasteiger partial charge in [0, 0.05) is 24.3 Å². The van der Waals surface area contributed by atoms with Crippen LogP contribution in [0, 0.1) is 0 Å². The first-order chi connectivity index (χ1) is 9.78. The molecule has 3 rings (SSSR count). The van der Waals surface area contributed by atoms with Gasteiger partial charge in [-0.1, -0.05) is 12.8 Å². The summed E-state index contributed by atoms with van der Waals surface area (Å²) in [5.74, 6) is 0.129. The average molecular weight is 294 g/mol. The van der Waals surface area contributed by atoms with Crippen LogP contribution in [-0.4, -0.2) is 39.5 Å². The highest BCUT2D eigenvalue weighted by molar-refractivity contribution is 7.99. The number of carbonyl (C=O) groups excluding carboxylic acids is 1. The zero-order valence-electron chi connectivity index (χ0n) is 11.8. The fraction of sp³-hybridized carbons (Fsp3) is 0.714. The normalized spacial score (nSPS) is 29.8. The van der Waals surface area contributed by atoms with Gasteiger partial charge in [0.25, 0.3) is 0 Å². The highest BCUT2D eigenvalue weighted by atomic mass is 32.2. The van der Waals surface area contributed by atoms with Crippen molar-refractivity contribution in [1.82, 2.24) is 20.6 Å². The number of amides is 1. The van der Waals surface area contributed by atoms with Crippen LogP contribution in [0.25, 0.3) is 0 Å². The third-order valence-corrected chi connectivity index (χ3v) is 5.55. The van der Waals surface area contributed by atoms with Gasteiger partial charge in [-0.3, -0.25) is 10.1 Å². The summed E-state index contributed by atoms with van der Waals surface area (Å²) in [6.07, 6.45) is 9.37. The van der Waals surface area contributed by atoms with Crippen molar-refractivity contribution in [2.45, 2.75) is 56.0 Å². The number of nitrogens with one attached hydrogen (secondary N) is 3. The predicted molar refractivity (Wildman–Crippen MR) is 80.6 cm³/mol. The van der Waals surface area contributed by atoms with Crippen molar-refractivity contribution in [3.05, 3.63) is 17.7 Å². The van der Waals surface area contributed by atoms with Crippen molar-refractivity contribution in [2.75, 3.05) is 6.26 Å². The van der Waals surface area contributed by atoms with Gasteiger partial charge in [-0.25, -0.2) is 4.98 Å². The molecule has 1 saturated carbocycles. The SMILES string of the molecule is CSC1CCCCC1NC(=O)C1Cc2nc[nH]c2CN1. The van der Waals surface area contributed by atoms with E-state index in [1.165, 1.54) is 19.3 Å². The Morgan fingerprint density at radius 3 is 3.15 bits per heavy atom. The van der Waals surface area contributed by atoms with Crippen molar-refractivity contribution in [3.8, 4) is 0 Å². The number of hydrogen-bond donors (Lipinski definition) is 3. The minimum atomic E-state index is -0.143. The molecular formula is C14H22N4OS. The minimum absolute atomic E-state index is 0.129. The van der Waals surface area contributed by atoms with E-state index in [4.69, 9.17) is 0 Å². The zero-order chi connectivity index (χ0) is 13.9. The summed E-state index contributed by atoms with van der Waals surface area (Å²) in [7, 11) is 0. The van der Waals surface area contributed by atoms with Crippen LogP contribution in [0.15, 0.2) is 6.33 Å². The van der Waals surface area contributed by atoms with E-state index in [1.807, 2.05) is 11.8 Å². The molecule has 1 fully saturated rings. The minimum Gasteiger partial charge on any atom is -0.351 e. The Morgan fingerprint density at radius 2 is 2.30 bits per heavy atom. The molecule has 0 aromatic carbocycles. The lowest BCUT2D eigenvalue weighted by atomic mass is 9.94. The number of H-pyrrole nitrogens is 1. The van der Waals surface area contributed by atoms with Crippen LogP contribution in [-0.2, 0) is 17.8 Å². The Morgan fingerprint density at radius 1 is 1.45 bits per heavy atom. The second-order valence-electron chi connectivity index (χ2n) is 5.64. The van der Waals surface area contributed by atoms with Gasteiger partial charge in [0.2, 0.25) is 5.91 Å². The molecular weight excluding hydrogens is 272 g/mol. The van der Waals surface area contributed by atoms with Crippen LogP contribution in [0.3, 0.4) is 0 Å². The second-order valence-corrected chi connectivity index (χ2v) is 6.72. The first-order valence-electron chi connectivity index (χ1n) is 7.35. The van der Waals surface area contributed by atoms with Gasteiger partial charge in [0.1, 0.15) is 0 Å². The standard InChI is InChI=1S/C14H22N4OS/c1-20-13-5-3-2-4-9(13)18-14(19)11-6-10-12(7-15-11)17-8-16-10/h8-9,11,13,15H,2-7H2,1H3,(H,16,17)(H,18,19). The molecule has 1 aromatic rings. The summed E-state index contributed by atoms with van der Waals surface area (Å²) in [6, 6.07) is 0.184. The molecule has 0 spiro atoms. The maximum Gasteiger partial charge on any atom is 0.237 e. The molecule has 5 nitrogen and oxygen atoms in total. The van der Waals surface area contributed by atoms with E-state index in [1.54, 1.807) is 6.33 Å². The number of imidazole rings is 1. The molecule has 0 saturated heterocycles. The van der Waals surface area contributed by atoms with Crippen molar-refractivity contribution in [1.29, 1.82) is 0 Å². The predicted octanol–water partition coefficient (Wildman–Crippen LogP) is 1.21. The number of rotatable bonds is 3. The van der Waals surface area contributed by atoms with Crippen LogP contribution >= 0.6 is 11.8 Å². The number of thioether (sulfide) groups is 1. The molecule has 3 unspecified atom stereocenters. The lowest BCUT2D eigenvalue weighted by molar-refractivity contribution is -0.124. The molecule has 3 N–H and O–H groups in total. The van der Waals surface area contributed by atoms with Crippen molar-refractivity contribution in [3.63, 3.8) is 0 Å². The quantitative estimate of drug-likeness (QED) is 0.784. The second kappa shape index (κ2) is 6.18. The van der Waals surface area contributed by atoms with E-state index in [0.29, 0.717) is 24.3 Å². The molecule has 2 aliphatic rings. The highest BCUT2D eigenvalue weighted by Gasteiger charge is 2.30. The van der Waals surface area contributed by atoms with Gasteiger partial charge in [-0.15, -0.1) is 0 Å². The van der Waals surface area contributed by atoms with Crippen LogP contribution in [0.4, 0.5) is 0 Å². The maximum absolute atomic E-state index is 12.4. The Kier molecular flexibility index (Phi) is 4.31. The van der Waals surface area contributed by atoms with Crippen molar-refractivity contribution < 1.29 is 4.79 Å². The molecule has 20 heavy (non-hydrogen) atoms. The van der Waals surface area contributed by atoms with E-state index in [0.717, 1.165) is 17.8 Å². The Labute approximate surface area is 123 Å². The average Bonchev–Trinajstić information content (AvgIpc) is 2.95. The molecule has 2 heterocycles.